The number of nitrogens with zero attached hydrogens (tertiary/aromatic N) is 3. The molecule has 0 spiro atoms. The quantitative estimate of drug-likeness (QED) is 0.593. The normalized spacial score (nSPS) is 21.8. The Morgan fingerprint density at radius 2 is 1.85 bits per heavy atom. The van der Waals surface area contributed by atoms with E-state index in [1.54, 1.807) is 4.90 Å². The summed E-state index contributed by atoms with van der Waals surface area (Å²) in [5, 5.41) is 11.6. The molecule has 0 radical (unpaired) electrons. The van der Waals surface area contributed by atoms with E-state index in [9.17, 15) is 23.3 Å². The topological polar surface area (TPSA) is 127 Å². The molecule has 1 atom stereocenters. The number of hydrogen-bond donors (Lipinski definition) is 1. The number of carbonyl (C=O) groups excluding carboxylic acids is 1. The lowest BCUT2D eigenvalue weighted by molar-refractivity contribution is -0.384. The number of anilines is 1. The molecule has 2 N–H and O–H groups in total. The predicted molar refractivity (Wildman–Crippen MR) is 99.8 cm³/mol. The van der Waals surface area contributed by atoms with Crippen molar-refractivity contribution < 1.29 is 18.1 Å². The van der Waals surface area contributed by atoms with Crippen molar-refractivity contribution in [3.05, 3.63) is 28.3 Å². The van der Waals surface area contributed by atoms with Crippen LogP contribution in [-0.4, -0.2) is 49.7 Å². The first-order valence-electron chi connectivity index (χ1n) is 9.13. The monoisotopic (exact) mass is 396 g/mol. The van der Waals surface area contributed by atoms with Gasteiger partial charge < -0.3 is 10.6 Å². The van der Waals surface area contributed by atoms with Gasteiger partial charge in [-0.15, -0.1) is 0 Å². The van der Waals surface area contributed by atoms with Gasteiger partial charge in [-0.3, -0.25) is 14.9 Å². The first-order valence-corrected chi connectivity index (χ1v) is 10.6. The number of nitro groups is 1. The second-order valence-corrected chi connectivity index (χ2v) is 9.00. The van der Waals surface area contributed by atoms with Crippen molar-refractivity contribution in [2.45, 2.75) is 37.0 Å². The predicted octanol–water partition coefficient (Wildman–Crippen LogP) is 1.47. The number of sulfonamides is 1. The number of benzene rings is 1. The zero-order valence-corrected chi connectivity index (χ0v) is 15.9. The first kappa shape index (κ1) is 19.6. The van der Waals surface area contributed by atoms with E-state index in [2.05, 4.69) is 0 Å². The van der Waals surface area contributed by atoms with Crippen LogP contribution in [0.15, 0.2) is 23.1 Å². The largest absolute Gasteiger partial charge is 0.369 e. The minimum atomic E-state index is -3.75. The minimum Gasteiger partial charge on any atom is -0.369 e. The summed E-state index contributed by atoms with van der Waals surface area (Å²) in [6, 6.07) is 4.02. The van der Waals surface area contributed by atoms with Gasteiger partial charge in [-0.05, 0) is 37.8 Å². The molecule has 0 aromatic heterocycles. The third-order valence-corrected chi connectivity index (χ3v) is 7.16. The Morgan fingerprint density at radius 3 is 2.48 bits per heavy atom. The van der Waals surface area contributed by atoms with Crippen LogP contribution >= 0.6 is 0 Å². The summed E-state index contributed by atoms with van der Waals surface area (Å²) in [5.41, 5.74) is 5.44. The average molecular weight is 396 g/mol. The van der Waals surface area contributed by atoms with Gasteiger partial charge >= 0.3 is 0 Å². The van der Waals surface area contributed by atoms with Crippen molar-refractivity contribution in [1.82, 2.24) is 4.31 Å². The molecule has 0 saturated carbocycles. The van der Waals surface area contributed by atoms with Crippen LogP contribution in [0.4, 0.5) is 11.4 Å². The van der Waals surface area contributed by atoms with E-state index in [-0.39, 0.29) is 16.5 Å². The zero-order valence-electron chi connectivity index (χ0n) is 15.0. The Kier molecular flexibility index (Phi) is 5.66. The van der Waals surface area contributed by atoms with Crippen LogP contribution < -0.4 is 10.6 Å². The van der Waals surface area contributed by atoms with Gasteiger partial charge in [0.05, 0.1) is 15.7 Å². The molecule has 2 aliphatic heterocycles. The molecule has 1 unspecified atom stereocenters. The molecule has 0 bridgehead atoms. The molecule has 9 nitrogen and oxygen atoms in total. The van der Waals surface area contributed by atoms with E-state index in [1.807, 2.05) is 0 Å². The van der Waals surface area contributed by atoms with Gasteiger partial charge in [-0.25, -0.2) is 8.42 Å². The van der Waals surface area contributed by atoms with Crippen LogP contribution in [0.5, 0.6) is 0 Å². The number of hydrogen-bond acceptors (Lipinski definition) is 6. The van der Waals surface area contributed by atoms with Crippen molar-refractivity contribution in [2.75, 3.05) is 31.1 Å². The smallest absolute Gasteiger partial charge is 0.293 e. The number of carbonyl (C=O) groups is 1. The summed E-state index contributed by atoms with van der Waals surface area (Å²) < 4.78 is 27.0. The number of piperidine rings is 2. The van der Waals surface area contributed by atoms with E-state index in [0.717, 1.165) is 25.3 Å². The van der Waals surface area contributed by atoms with Gasteiger partial charge in [-0.1, -0.05) is 6.42 Å². The Bertz CT molecular complexity index is 836. The molecular formula is C17H24N4O5S. The number of nitrogens with two attached hydrogens (primary N) is 1. The van der Waals surface area contributed by atoms with Crippen molar-refractivity contribution >= 4 is 27.3 Å². The van der Waals surface area contributed by atoms with E-state index in [1.165, 1.54) is 16.4 Å². The minimum absolute atomic E-state index is 0.0664. The van der Waals surface area contributed by atoms with Gasteiger partial charge in [0.25, 0.3) is 5.69 Å². The fraction of sp³-hybridized carbons (Fsp3) is 0.588. The highest BCUT2D eigenvalue weighted by atomic mass is 32.2. The molecule has 1 amide bonds. The van der Waals surface area contributed by atoms with E-state index in [4.69, 9.17) is 5.73 Å². The number of nitro benzene ring substituents is 1. The lowest BCUT2D eigenvalue weighted by Gasteiger charge is -2.32. The van der Waals surface area contributed by atoms with Crippen molar-refractivity contribution in [2.24, 2.45) is 11.7 Å². The summed E-state index contributed by atoms with van der Waals surface area (Å²) in [6.07, 6.45) is 3.92. The van der Waals surface area contributed by atoms with Gasteiger partial charge in [-0.2, -0.15) is 4.31 Å². The highest BCUT2D eigenvalue weighted by Crippen LogP contribution is 2.34. The Hall–Kier alpha value is -2.20. The van der Waals surface area contributed by atoms with Gasteiger partial charge in [0.15, 0.2) is 0 Å². The summed E-state index contributed by atoms with van der Waals surface area (Å²) in [7, 11) is -3.75. The summed E-state index contributed by atoms with van der Waals surface area (Å²) in [6.45, 7) is 1.73. The molecule has 10 heteroatoms. The molecule has 1 aromatic rings. The molecule has 1 aromatic carbocycles. The van der Waals surface area contributed by atoms with Crippen molar-refractivity contribution in [3.63, 3.8) is 0 Å². The maximum Gasteiger partial charge on any atom is 0.293 e. The summed E-state index contributed by atoms with van der Waals surface area (Å²) in [5.74, 6) is -0.790. The van der Waals surface area contributed by atoms with Crippen LogP contribution in [-0.2, 0) is 14.8 Å². The van der Waals surface area contributed by atoms with Gasteiger partial charge in [0.2, 0.25) is 15.9 Å². The lowest BCUT2D eigenvalue weighted by Crippen LogP contribution is -2.41. The maximum absolute atomic E-state index is 12.8. The second-order valence-electron chi connectivity index (χ2n) is 7.06. The lowest BCUT2D eigenvalue weighted by atomic mass is 9.97. The number of amides is 1. The molecule has 3 rings (SSSR count). The Labute approximate surface area is 158 Å². The van der Waals surface area contributed by atoms with Crippen LogP contribution in [0.25, 0.3) is 0 Å². The van der Waals surface area contributed by atoms with Crippen LogP contribution in [0.3, 0.4) is 0 Å². The fourth-order valence-corrected chi connectivity index (χ4v) is 5.30. The molecule has 0 aliphatic carbocycles. The molecule has 2 saturated heterocycles. The summed E-state index contributed by atoms with van der Waals surface area (Å²) >= 11 is 0. The Morgan fingerprint density at radius 1 is 1.15 bits per heavy atom. The highest BCUT2D eigenvalue weighted by molar-refractivity contribution is 7.89. The molecule has 27 heavy (non-hydrogen) atoms. The molecular weight excluding hydrogens is 372 g/mol. The fourth-order valence-electron chi connectivity index (χ4n) is 3.76. The van der Waals surface area contributed by atoms with E-state index >= 15 is 0 Å². The highest BCUT2D eigenvalue weighted by Gasteiger charge is 2.31. The van der Waals surface area contributed by atoms with E-state index in [0.29, 0.717) is 44.7 Å². The average Bonchev–Trinajstić information content (AvgIpc) is 2.68. The van der Waals surface area contributed by atoms with Crippen LogP contribution in [0.2, 0.25) is 0 Å². The van der Waals surface area contributed by atoms with Crippen LogP contribution in [0.1, 0.15) is 32.1 Å². The van der Waals surface area contributed by atoms with Crippen LogP contribution in [0, 0.1) is 16.0 Å². The zero-order chi connectivity index (χ0) is 19.6. The third-order valence-electron chi connectivity index (χ3n) is 5.26. The number of primary amides is 1. The standard InChI is InChI=1S/C17H24N4O5S/c18-17(22)13-5-4-8-19(12-13)15-7-6-14(11-16(15)21(23)24)27(25,26)20-9-2-1-3-10-20/h6-7,11,13H,1-5,8-10,12H2,(H2,18,22). The second kappa shape index (κ2) is 7.81. The molecule has 2 fully saturated rings. The Balaban J connectivity index is 1.93. The summed E-state index contributed by atoms with van der Waals surface area (Å²) in [4.78, 5) is 24.2. The van der Waals surface area contributed by atoms with E-state index < -0.39 is 20.9 Å². The van der Waals surface area contributed by atoms with Crippen molar-refractivity contribution in [1.29, 1.82) is 0 Å². The van der Waals surface area contributed by atoms with Gasteiger partial charge in [0, 0.05) is 32.2 Å². The van der Waals surface area contributed by atoms with Crippen molar-refractivity contribution in [3.8, 4) is 0 Å². The first-order chi connectivity index (χ1) is 12.8. The maximum atomic E-state index is 12.8. The van der Waals surface area contributed by atoms with Gasteiger partial charge in [0.1, 0.15) is 5.69 Å². The molecule has 2 heterocycles. The number of rotatable bonds is 5. The molecule has 148 valence electrons. The third kappa shape index (κ3) is 4.06. The SMILES string of the molecule is NC(=O)C1CCCN(c2ccc(S(=O)(=O)N3CCCCC3)cc2[N+](=O)[O-])C1. The molecule has 2 aliphatic rings.